The lowest BCUT2D eigenvalue weighted by molar-refractivity contribution is -0.136. The average Bonchev–Trinajstić information content (AvgIpc) is 3.31. The summed E-state index contributed by atoms with van der Waals surface area (Å²) in [6, 6.07) is 5.98. The van der Waals surface area contributed by atoms with Gasteiger partial charge in [-0.05, 0) is 55.4 Å². The van der Waals surface area contributed by atoms with Crippen LogP contribution in [0.15, 0.2) is 18.2 Å². The van der Waals surface area contributed by atoms with Gasteiger partial charge < -0.3 is 15.5 Å². The highest BCUT2D eigenvalue weighted by molar-refractivity contribution is 5.79. The first kappa shape index (κ1) is 17.6. The number of carbonyl (C=O) groups is 1. The summed E-state index contributed by atoms with van der Waals surface area (Å²) in [7, 11) is 4.06. The number of rotatable bonds is 8. The molecule has 0 spiro atoms. The smallest absolute Gasteiger partial charge is 0.225 e. The molecule has 2 N–H and O–H groups in total. The first-order valence-corrected chi connectivity index (χ1v) is 8.80. The fourth-order valence-corrected chi connectivity index (χ4v) is 3.11. The predicted octanol–water partition coefficient (Wildman–Crippen LogP) is 3.51. The number of benzene rings is 1. The van der Waals surface area contributed by atoms with Crippen LogP contribution in [-0.2, 0) is 11.3 Å². The Hall–Kier alpha value is -1.71. The summed E-state index contributed by atoms with van der Waals surface area (Å²) in [6.45, 7) is 5.75. The van der Waals surface area contributed by atoms with Crippen LogP contribution in [-0.4, -0.2) is 31.4 Å². The summed E-state index contributed by atoms with van der Waals surface area (Å²) in [5, 5.41) is 0. The predicted molar refractivity (Wildman–Crippen MR) is 97.4 cm³/mol. The van der Waals surface area contributed by atoms with E-state index in [0.29, 0.717) is 18.4 Å². The molecule has 23 heavy (non-hydrogen) atoms. The highest BCUT2D eigenvalue weighted by Gasteiger charge is 2.29. The van der Waals surface area contributed by atoms with Crippen molar-refractivity contribution in [2.75, 3.05) is 31.3 Å². The SMILES string of the molecule is CCC(CC)C(=O)N(Cc1cc(N)ccc1N(C)C)CC1CC1. The Morgan fingerprint density at radius 2 is 1.91 bits per heavy atom. The molecule has 128 valence electrons. The third-order valence-corrected chi connectivity index (χ3v) is 4.77. The molecule has 1 aliphatic rings. The van der Waals surface area contributed by atoms with Gasteiger partial charge in [-0.3, -0.25) is 4.79 Å². The monoisotopic (exact) mass is 317 g/mol. The molecule has 2 rings (SSSR count). The molecule has 0 saturated heterocycles. The molecule has 1 saturated carbocycles. The minimum atomic E-state index is 0.137. The Bertz CT molecular complexity index is 533. The molecule has 1 fully saturated rings. The van der Waals surface area contributed by atoms with E-state index < -0.39 is 0 Å². The molecule has 4 nitrogen and oxygen atoms in total. The van der Waals surface area contributed by atoms with Crippen LogP contribution in [0.2, 0.25) is 0 Å². The Morgan fingerprint density at radius 3 is 2.43 bits per heavy atom. The van der Waals surface area contributed by atoms with E-state index in [9.17, 15) is 4.79 Å². The Labute approximate surface area is 140 Å². The fourth-order valence-electron chi connectivity index (χ4n) is 3.11. The van der Waals surface area contributed by atoms with Gasteiger partial charge in [0, 0.05) is 44.5 Å². The Balaban J connectivity index is 2.23. The van der Waals surface area contributed by atoms with Gasteiger partial charge in [-0.2, -0.15) is 0 Å². The number of nitrogens with zero attached hydrogens (tertiary/aromatic N) is 2. The lowest BCUT2D eigenvalue weighted by atomic mass is 10.0. The molecule has 1 aromatic rings. The van der Waals surface area contributed by atoms with E-state index in [1.165, 1.54) is 12.8 Å². The van der Waals surface area contributed by atoms with Crippen molar-refractivity contribution < 1.29 is 4.79 Å². The van der Waals surface area contributed by atoms with Crippen molar-refractivity contribution in [1.29, 1.82) is 0 Å². The number of nitrogen functional groups attached to an aromatic ring is 1. The minimum absolute atomic E-state index is 0.137. The van der Waals surface area contributed by atoms with Crippen molar-refractivity contribution >= 4 is 17.3 Å². The van der Waals surface area contributed by atoms with E-state index in [1.807, 2.05) is 32.3 Å². The lowest BCUT2D eigenvalue weighted by Crippen LogP contribution is -2.37. The lowest BCUT2D eigenvalue weighted by Gasteiger charge is -2.29. The topological polar surface area (TPSA) is 49.6 Å². The van der Waals surface area contributed by atoms with Gasteiger partial charge >= 0.3 is 0 Å². The summed E-state index contributed by atoms with van der Waals surface area (Å²) in [6.07, 6.45) is 4.33. The van der Waals surface area contributed by atoms with Crippen molar-refractivity contribution in [2.45, 2.75) is 46.1 Å². The van der Waals surface area contributed by atoms with E-state index in [0.717, 1.165) is 36.3 Å². The van der Waals surface area contributed by atoms with Gasteiger partial charge in [0.1, 0.15) is 0 Å². The number of hydrogen-bond acceptors (Lipinski definition) is 3. The molecule has 0 aromatic heterocycles. The van der Waals surface area contributed by atoms with Crippen LogP contribution in [0.4, 0.5) is 11.4 Å². The molecule has 1 amide bonds. The maximum atomic E-state index is 12.9. The Kier molecular flexibility index (Phi) is 5.91. The van der Waals surface area contributed by atoms with Crippen LogP contribution in [0, 0.1) is 11.8 Å². The standard InChI is InChI=1S/C19H31N3O/c1-5-15(6-2)19(23)22(12-14-7-8-14)13-16-11-17(20)9-10-18(16)21(3)4/h9-11,14-15H,5-8,12-13,20H2,1-4H3. The number of carbonyl (C=O) groups excluding carboxylic acids is 1. The number of hydrogen-bond donors (Lipinski definition) is 1. The molecule has 0 atom stereocenters. The Morgan fingerprint density at radius 1 is 1.26 bits per heavy atom. The normalized spacial score (nSPS) is 14.1. The molecule has 1 aliphatic carbocycles. The van der Waals surface area contributed by atoms with Gasteiger partial charge in [-0.1, -0.05) is 13.8 Å². The maximum absolute atomic E-state index is 12.9. The van der Waals surface area contributed by atoms with Crippen LogP contribution in [0.25, 0.3) is 0 Å². The second kappa shape index (κ2) is 7.71. The van der Waals surface area contributed by atoms with Gasteiger partial charge in [0.15, 0.2) is 0 Å². The summed E-state index contributed by atoms with van der Waals surface area (Å²) in [4.78, 5) is 17.1. The van der Waals surface area contributed by atoms with Gasteiger partial charge in [-0.25, -0.2) is 0 Å². The molecule has 0 radical (unpaired) electrons. The first-order chi connectivity index (χ1) is 11.0. The molecular formula is C19H31N3O. The van der Waals surface area contributed by atoms with Crippen molar-refractivity contribution in [3.63, 3.8) is 0 Å². The zero-order valence-electron chi connectivity index (χ0n) is 15.0. The van der Waals surface area contributed by atoms with Crippen LogP contribution in [0.3, 0.4) is 0 Å². The van der Waals surface area contributed by atoms with Gasteiger partial charge in [0.05, 0.1) is 0 Å². The highest BCUT2D eigenvalue weighted by atomic mass is 16.2. The summed E-state index contributed by atoms with van der Waals surface area (Å²) in [5.41, 5.74) is 9.01. The molecule has 0 heterocycles. The van der Waals surface area contributed by atoms with Crippen molar-refractivity contribution in [2.24, 2.45) is 11.8 Å². The van der Waals surface area contributed by atoms with E-state index in [-0.39, 0.29) is 5.92 Å². The second-order valence-corrected chi connectivity index (χ2v) is 6.96. The largest absolute Gasteiger partial charge is 0.399 e. The van der Waals surface area contributed by atoms with Crippen molar-refractivity contribution in [3.8, 4) is 0 Å². The molecular weight excluding hydrogens is 286 g/mol. The van der Waals surface area contributed by atoms with E-state index in [2.05, 4.69) is 23.6 Å². The average molecular weight is 317 g/mol. The summed E-state index contributed by atoms with van der Waals surface area (Å²) in [5.74, 6) is 1.13. The molecule has 1 aromatic carbocycles. The zero-order valence-corrected chi connectivity index (χ0v) is 15.0. The molecule has 0 unspecified atom stereocenters. The van der Waals surface area contributed by atoms with Crippen LogP contribution >= 0.6 is 0 Å². The first-order valence-electron chi connectivity index (χ1n) is 8.80. The zero-order chi connectivity index (χ0) is 17.0. The third-order valence-electron chi connectivity index (χ3n) is 4.77. The van der Waals surface area contributed by atoms with Gasteiger partial charge in [-0.15, -0.1) is 0 Å². The molecule has 0 aliphatic heterocycles. The maximum Gasteiger partial charge on any atom is 0.225 e. The van der Waals surface area contributed by atoms with Crippen LogP contribution in [0.5, 0.6) is 0 Å². The highest BCUT2D eigenvalue weighted by Crippen LogP contribution is 2.32. The molecule has 4 heteroatoms. The van der Waals surface area contributed by atoms with E-state index in [4.69, 9.17) is 5.73 Å². The van der Waals surface area contributed by atoms with Crippen LogP contribution in [0.1, 0.15) is 45.1 Å². The van der Waals surface area contributed by atoms with E-state index >= 15 is 0 Å². The summed E-state index contributed by atoms with van der Waals surface area (Å²) < 4.78 is 0. The number of amides is 1. The second-order valence-electron chi connectivity index (χ2n) is 6.96. The number of anilines is 2. The van der Waals surface area contributed by atoms with E-state index in [1.54, 1.807) is 0 Å². The minimum Gasteiger partial charge on any atom is -0.399 e. The number of nitrogens with two attached hydrogens (primary N) is 1. The van der Waals surface area contributed by atoms with Gasteiger partial charge in [0.25, 0.3) is 0 Å². The van der Waals surface area contributed by atoms with Crippen molar-refractivity contribution in [3.05, 3.63) is 23.8 Å². The van der Waals surface area contributed by atoms with Crippen LogP contribution < -0.4 is 10.6 Å². The summed E-state index contributed by atoms with van der Waals surface area (Å²) >= 11 is 0. The quantitative estimate of drug-likeness (QED) is 0.746. The fraction of sp³-hybridized carbons (Fsp3) is 0.632. The third kappa shape index (κ3) is 4.63. The molecule has 0 bridgehead atoms. The van der Waals surface area contributed by atoms with Crippen molar-refractivity contribution in [1.82, 2.24) is 4.90 Å². The van der Waals surface area contributed by atoms with Gasteiger partial charge in [0.2, 0.25) is 5.91 Å².